The molecule has 136 valence electrons. The zero-order chi connectivity index (χ0) is 19.2. The van der Waals surface area contributed by atoms with Gasteiger partial charge < -0.3 is 10.6 Å². The van der Waals surface area contributed by atoms with Crippen LogP contribution in [0.1, 0.15) is 40.3 Å². The summed E-state index contributed by atoms with van der Waals surface area (Å²) in [6.45, 7) is 3.60. The van der Waals surface area contributed by atoms with Crippen molar-refractivity contribution in [1.29, 1.82) is 0 Å². The molecule has 0 aliphatic carbocycles. The molecule has 0 saturated heterocycles. The van der Waals surface area contributed by atoms with Crippen LogP contribution in [-0.4, -0.2) is 16.7 Å². The van der Waals surface area contributed by atoms with Crippen LogP contribution in [0.5, 0.6) is 0 Å². The second-order valence-corrected chi connectivity index (χ2v) is 6.20. The molecule has 1 amide bonds. The van der Waals surface area contributed by atoms with Gasteiger partial charge in [0.1, 0.15) is 5.69 Å². The number of benzene rings is 2. The molecular formula is C22H21N3O2. The first-order valence-corrected chi connectivity index (χ1v) is 8.79. The highest BCUT2D eigenvalue weighted by molar-refractivity contribution is 6.04. The summed E-state index contributed by atoms with van der Waals surface area (Å²) in [6.07, 6.45) is 2.58. The van der Waals surface area contributed by atoms with Gasteiger partial charge in [-0.25, -0.2) is 0 Å². The van der Waals surface area contributed by atoms with Gasteiger partial charge in [0.25, 0.3) is 5.91 Å². The SMILES string of the molecule is CCc1ccc(Nc2ccnc(C(=O)Nc3cccc(C(C)=O)c3)c2)cc1. The number of Topliss-reactive ketones (excluding diaryl/α,β-unsaturated/α-hetero) is 1. The average Bonchev–Trinajstić information content (AvgIpc) is 2.69. The van der Waals surface area contributed by atoms with Crippen LogP contribution in [0.4, 0.5) is 17.1 Å². The van der Waals surface area contributed by atoms with Crippen LogP contribution in [0.25, 0.3) is 0 Å². The lowest BCUT2D eigenvalue weighted by atomic mass is 10.1. The Morgan fingerprint density at radius 3 is 2.41 bits per heavy atom. The standard InChI is InChI=1S/C22H21N3O2/c1-3-16-7-9-18(10-8-16)24-20-11-12-23-21(14-20)22(27)25-19-6-4-5-17(13-19)15(2)26/h4-14H,3H2,1-2H3,(H,23,24)(H,25,27). The number of carbonyl (C=O) groups is 2. The molecule has 0 fully saturated rings. The maximum Gasteiger partial charge on any atom is 0.274 e. The number of aryl methyl sites for hydroxylation is 1. The zero-order valence-electron chi connectivity index (χ0n) is 15.3. The molecular weight excluding hydrogens is 338 g/mol. The van der Waals surface area contributed by atoms with Gasteiger partial charge in [-0.15, -0.1) is 0 Å². The number of hydrogen-bond donors (Lipinski definition) is 2. The van der Waals surface area contributed by atoms with Gasteiger partial charge in [0.15, 0.2) is 5.78 Å². The maximum absolute atomic E-state index is 12.5. The van der Waals surface area contributed by atoms with Crippen LogP contribution in [-0.2, 0) is 6.42 Å². The molecule has 2 aromatic carbocycles. The van der Waals surface area contributed by atoms with Crippen LogP contribution in [0, 0.1) is 0 Å². The van der Waals surface area contributed by atoms with E-state index in [2.05, 4.69) is 34.7 Å². The van der Waals surface area contributed by atoms with E-state index >= 15 is 0 Å². The van der Waals surface area contributed by atoms with Crippen LogP contribution in [0.2, 0.25) is 0 Å². The minimum Gasteiger partial charge on any atom is -0.355 e. The number of hydrogen-bond acceptors (Lipinski definition) is 4. The van der Waals surface area contributed by atoms with E-state index in [1.165, 1.54) is 12.5 Å². The summed E-state index contributed by atoms with van der Waals surface area (Å²) in [5, 5.41) is 6.05. The van der Waals surface area contributed by atoms with Crippen molar-refractivity contribution in [3.63, 3.8) is 0 Å². The van der Waals surface area contributed by atoms with E-state index in [0.717, 1.165) is 17.8 Å². The minimum atomic E-state index is -0.333. The molecule has 3 aromatic rings. The molecule has 0 radical (unpaired) electrons. The first-order valence-electron chi connectivity index (χ1n) is 8.79. The summed E-state index contributed by atoms with van der Waals surface area (Å²) < 4.78 is 0. The smallest absolute Gasteiger partial charge is 0.274 e. The Hall–Kier alpha value is -3.47. The van der Waals surface area contributed by atoms with Gasteiger partial charge >= 0.3 is 0 Å². The maximum atomic E-state index is 12.5. The molecule has 1 aromatic heterocycles. The number of ketones is 1. The highest BCUT2D eigenvalue weighted by Crippen LogP contribution is 2.18. The van der Waals surface area contributed by atoms with Crippen LogP contribution in [0.3, 0.4) is 0 Å². The molecule has 0 spiro atoms. The van der Waals surface area contributed by atoms with Crippen molar-refractivity contribution in [1.82, 2.24) is 4.98 Å². The van der Waals surface area contributed by atoms with Crippen molar-refractivity contribution in [2.75, 3.05) is 10.6 Å². The van der Waals surface area contributed by atoms with Gasteiger partial charge in [-0.05, 0) is 55.3 Å². The number of rotatable bonds is 6. The lowest BCUT2D eigenvalue weighted by Crippen LogP contribution is -2.14. The lowest BCUT2D eigenvalue weighted by Gasteiger charge is -2.09. The Morgan fingerprint density at radius 2 is 1.70 bits per heavy atom. The number of amides is 1. The van der Waals surface area contributed by atoms with E-state index in [0.29, 0.717) is 16.9 Å². The van der Waals surface area contributed by atoms with Crippen molar-refractivity contribution in [2.24, 2.45) is 0 Å². The van der Waals surface area contributed by atoms with E-state index in [-0.39, 0.29) is 11.7 Å². The van der Waals surface area contributed by atoms with Crippen molar-refractivity contribution in [2.45, 2.75) is 20.3 Å². The van der Waals surface area contributed by atoms with E-state index < -0.39 is 0 Å². The Balaban J connectivity index is 1.73. The van der Waals surface area contributed by atoms with Gasteiger partial charge in [-0.1, -0.05) is 31.2 Å². The number of nitrogens with zero attached hydrogens (tertiary/aromatic N) is 1. The molecule has 27 heavy (non-hydrogen) atoms. The van der Waals surface area contributed by atoms with Gasteiger partial charge in [-0.2, -0.15) is 0 Å². The van der Waals surface area contributed by atoms with Gasteiger partial charge in [0.2, 0.25) is 0 Å². The van der Waals surface area contributed by atoms with Crippen molar-refractivity contribution >= 4 is 28.8 Å². The molecule has 5 heteroatoms. The van der Waals surface area contributed by atoms with E-state index in [9.17, 15) is 9.59 Å². The Kier molecular flexibility index (Phi) is 5.61. The fourth-order valence-corrected chi connectivity index (χ4v) is 2.63. The largest absolute Gasteiger partial charge is 0.355 e. The van der Waals surface area contributed by atoms with E-state index in [4.69, 9.17) is 0 Å². The Morgan fingerprint density at radius 1 is 0.926 bits per heavy atom. The quantitative estimate of drug-likeness (QED) is 0.618. The Bertz CT molecular complexity index is 965. The number of anilines is 3. The van der Waals surface area contributed by atoms with Gasteiger partial charge in [0, 0.05) is 28.8 Å². The average molecular weight is 359 g/mol. The third-order valence-electron chi connectivity index (χ3n) is 4.17. The molecule has 5 nitrogen and oxygen atoms in total. The normalized spacial score (nSPS) is 10.3. The Labute approximate surface area is 158 Å². The molecule has 0 aliphatic rings. The predicted molar refractivity (Wildman–Crippen MR) is 108 cm³/mol. The second-order valence-electron chi connectivity index (χ2n) is 6.20. The minimum absolute atomic E-state index is 0.0514. The first-order chi connectivity index (χ1) is 13.0. The van der Waals surface area contributed by atoms with Crippen molar-refractivity contribution in [3.05, 3.63) is 83.7 Å². The lowest BCUT2D eigenvalue weighted by molar-refractivity contribution is 0.100. The second kappa shape index (κ2) is 8.27. The highest BCUT2D eigenvalue weighted by atomic mass is 16.2. The number of nitrogens with one attached hydrogen (secondary N) is 2. The van der Waals surface area contributed by atoms with E-state index in [1.807, 2.05) is 12.1 Å². The molecule has 2 N–H and O–H groups in total. The predicted octanol–water partition coefficient (Wildman–Crippen LogP) is 4.84. The topological polar surface area (TPSA) is 71.1 Å². The molecule has 0 saturated carbocycles. The third-order valence-corrected chi connectivity index (χ3v) is 4.17. The molecule has 0 unspecified atom stereocenters. The summed E-state index contributed by atoms with van der Waals surface area (Å²) in [7, 11) is 0. The fraction of sp³-hybridized carbons (Fsp3) is 0.136. The highest BCUT2D eigenvalue weighted by Gasteiger charge is 2.10. The first kappa shape index (κ1) is 18.3. The molecule has 3 rings (SSSR count). The number of aromatic nitrogens is 1. The fourth-order valence-electron chi connectivity index (χ4n) is 2.63. The van der Waals surface area contributed by atoms with Crippen molar-refractivity contribution < 1.29 is 9.59 Å². The summed E-state index contributed by atoms with van der Waals surface area (Å²) in [5.41, 5.74) is 4.38. The number of carbonyl (C=O) groups excluding carboxylic acids is 2. The summed E-state index contributed by atoms with van der Waals surface area (Å²) in [4.78, 5) is 28.1. The van der Waals surface area contributed by atoms with Crippen LogP contribution in [0.15, 0.2) is 66.9 Å². The zero-order valence-corrected chi connectivity index (χ0v) is 15.3. The molecule has 0 aliphatic heterocycles. The summed E-state index contributed by atoms with van der Waals surface area (Å²) in [6, 6.07) is 18.5. The third kappa shape index (κ3) is 4.79. The molecule has 0 atom stereocenters. The summed E-state index contributed by atoms with van der Waals surface area (Å²) in [5.74, 6) is -0.384. The summed E-state index contributed by atoms with van der Waals surface area (Å²) >= 11 is 0. The number of pyridine rings is 1. The van der Waals surface area contributed by atoms with Gasteiger partial charge in [-0.3, -0.25) is 14.6 Å². The van der Waals surface area contributed by atoms with E-state index in [1.54, 1.807) is 42.6 Å². The van der Waals surface area contributed by atoms with Crippen molar-refractivity contribution in [3.8, 4) is 0 Å². The van der Waals surface area contributed by atoms with Crippen LogP contribution < -0.4 is 10.6 Å². The van der Waals surface area contributed by atoms with Crippen LogP contribution >= 0.6 is 0 Å². The molecule has 1 heterocycles. The van der Waals surface area contributed by atoms with Gasteiger partial charge in [0.05, 0.1) is 0 Å². The monoisotopic (exact) mass is 359 g/mol. The molecule has 0 bridgehead atoms.